The normalized spacial score (nSPS) is 23.7. The molecule has 0 unspecified atom stereocenters. The minimum atomic E-state index is -0.341. The van der Waals surface area contributed by atoms with Crippen molar-refractivity contribution in [2.45, 2.75) is 18.4 Å². The van der Waals surface area contributed by atoms with Crippen molar-refractivity contribution < 1.29 is 9.53 Å². The molecule has 2 aromatic heterocycles. The fourth-order valence-corrected chi connectivity index (χ4v) is 3.69. The first-order valence-electron chi connectivity index (χ1n) is 8.60. The van der Waals surface area contributed by atoms with Gasteiger partial charge in [-0.25, -0.2) is 4.98 Å². The van der Waals surface area contributed by atoms with Crippen LogP contribution in [0.15, 0.2) is 43.1 Å². The summed E-state index contributed by atoms with van der Waals surface area (Å²) >= 11 is 0. The summed E-state index contributed by atoms with van der Waals surface area (Å²) in [5, 5.41) is 0. The van der Waals surface area contributed by atoms with Crippen LogP contribution in [0.4, 0.5) is 5.82 Å². The molecule has 2 aliphatic rings. The Labute approximate surface area is 146 Å². The maximum atomic E-state index is 12.8. The molecule has 1 atom stereocenters. The van der Waals surface area contributed by atoms with Crippen LogP contribution in [0, 0.1) is 0 Å². The number of rotatable bonds is 2. The summed E-state index contributed by atoms with van der Waals surface area (Å²) < 4.78 is 6.18. The first kappa shape index (κ1) is 16.0. The van der Waals surface area contributed by atoms with E-state index in [1.165, 1.54) is 0 Å². The van der Waals surface area contributed by atoms with Crippen molar-refractivity contribution in [2.24, 2.45) is 0 Å². The molecule has 2 fully saturated rings. The van der Waals surface area contributed by atoms with E-state index in [-0.39, 0.29) is 11.5 Å². The molecule has 0 N–H and O–H groups in total. The van der Waals surface area contributed by atoms with E-state index in [1.807, 2.05) is 11.0 Å². The molecule has 2 saturated heterocycles. The number of morpholine rings is 1. The van der Waals surface area contributed by atoms with Crippen molar-refractivity contribution in [2.75, 3.05) is 37.7 Å². The highest BCUT2D eigenvalue weighted by Gasteiger charge is 2.42. The SMILES string of the molecule is O=C(c1cccnc1)N1CCO[C@@]2(CCCN(c3cnccn3)C2)C1. The van der Waals surface area contributed by atoms with Crippen molar-refractivity contribution in [3.05, 3.63) is 48.7 Å². The van der Waals surface area contributed by atoms with Crippen molar-refractivity contribution in [1.29, 1.82) is 0 Å². The van der Waals surface area contributed by atoms with Gasteiger partial charge in [0.05, 0.1) is 31.5 Å². The third kappa shape index (κ3) is 3.32. The van der Waals surface area contributed by atoms with E-state index in [0.29, 0.717) is 25.3 Å². The predicted octanol–water partition coefficient (Wildman–Crippen LogP) is 1.38. The Hall–Kier alpha value is -2.54. The standard InChI is InChI=1S/C18H21N5O2/c24-17(15-3-1-5-19-11-15)23-9-10-25-18(14-23)4-2-8-22(13-18)16-12-20-6-7-21-16/h1,3,5-7,11-12H,2,4,8-10,13-14H2/t18-/m1/s1. The second kappa shape index (κ2) is 6.76. The zero-order valence-electron chi connectivity index (χ0n) is 14.0. The number of carbonyl (C=O) groups is 1. The molecule has 25 heavy (non-hydrogen) atoms. The second-order valence-corrected chi connectivity index (χ2v) is 6.59. The number of anilines is 1. The number of pyridine rings is 1. The zero-order valence-corrected chi connectivity index (χ0v) is 14.0. The van der Waals surface area contributed by atoms with Gasteiger partial charge in [0.2, 0.25) is 0 Å². The van der Waals surface area contributed by atoms with Crippen LogP contribution >= 0.6 is 0 Å². The first-order chi connectivity index (χ1) is 12.3. The van der Waals surface area contributed by atoms with Crippen LogP contribution in [-0.2, 0) is 4.74 Å². The number of hydrogen-bond donors (Lipinski definition) is 0. The summed E-state index contributed by atoms with van der Waals surface area (Å²) in [6.07, 6.45) is 10.4. The zero-order chi connectivity index (χ0) is 17.1. The lowest BCUT2D eigenvalue weighted by atomic mass is 9.90. The van der Waals surface area contributed by atoms with Gasteiger partial charge < -0.3 is 14.5 Å². The number of nitrogens with zero attached hydrogens (tertiary/aromatic N) is 5. The minimum absolute atomic E-state index is 0.0207. The molecule has 0 bridgehead atoms. The van der Waals surface area contributed by atoms with Gasteiger partial charge in [-0.15, -0.1) is 0 Å². The summed E-state index contributed by atoms with van der Waals surface area (Å²) in [7, 11) is 0. The molecule has 7 nitrogen and oxygen atoms in total. The van der Waals surface area contributed by atoms with E-state index in [0.717, 1.165) is 31.7 Å². The lowest BCUT2D eigenvalue weighted by Gasteiger charge is -2.48. The Morgan fingerprint density at radius 2 is 2.04 bits per heavy atom. The number of aromatic nitrogens is 3. The monoisotopic (exact) mass is 339 g/mol. The number of ether oxygens (including phenoxy) is 1. The van der Waals surface area contributed by atoms with Gasteiger partial charge >= 0.3 is 0 Å². The van der Waals surface area contributed by atoms with E-state index in [9.17, 15) is 4.79 Å². The summed E-state index contributed by atoms with van der Waals surface area (Å²) in [4.78, 5) is 29.5. The van der Waals surface area contributed by atoms with Gasteiger partial charge in [-0.05, 0) is 25.0 Å². The number of hydrogen-bond acceptors (Lipinski definition) is 6. The molecule has 2 aliphatic heterocycles. The highest BCUT2D eigenvalue weighted by Crippen LogP contribution is 2.31. The Kier molecular flexibility index (Phi) is 4.31. The Morgan fingerprint density at radius 1 is 1.12 bits per heavy atom. The Balaban J connectivity index is 1.51. The molecule has 0 saturated carbocycles. The van der Waals surface area contributed by atoms with E-state index < -0.39 is 0 Å². The third-order valence-electron chi connectivity index (χ3n) is 4.86. The highest BCUT2D eigenvalue weighted by atomic mass is 16.5. The summed E-state index contributed by atoms with van der Waals surface area (Å²) in [5.41, 5.74) is 0.285. The van der Waals surface area contributed by atoms with Gasteiger partial charge in [0.1, 0.15) is 11.4 Å². The molecule has 4 rings (SSSR count). The quantitative estimate of drug-likeness (QED) is 0.823. The van der Waals surface area contributed by atoms with E-state index in [4.69, 9.17) is 4.74 Å². The molecule has 1 spiro atoms. The van der Waals surface area contributed by atoms with E-state index >= 15 is 0 Å². The minimum Gasteiger partial charge on any atom is -0.369 e. The molecule has 4 heterocycles. The summed E-state index contributed by atoms with van der Waals surface area (Å²) in [5.74, 6) is 0.883. The van der Waals surface area contributed by atoms with Crippen molar-refractivity contribution in [3.8, 4) is 0 Å². The maximum absolute atomic E-state index is 12.8. The van der Waals surface area contributed by atoms with Gasteiger partial charge in [-0.3, -0.25) is 14.8 Å². The average molecular weight is 339 g/mol. The molecular formula is C18H21N5O2. The molecule has 0 radical (unpaired) electrons. The van der Waals surface area contributed by atoms with E-state index in [2.05, 4.69) is 19.9 Å². The van der Waals surface area contributed by atoms with Crippen LogP contribution < -0.4 is 4.90 Å². The first-order valence-corrected chi connectivity index (χ1v) is 8.60. The number of carbonyl (C=O) groups excluding carboxylic acids is 1. The van der Waals surface area contributed by atoms with Gasteiger partial charge in [-0.2, -0.15) is 0 Å². The van der Waals surface area contributed by atoms with Crippen LogP contribution in [0.3, 0.4) is 0 Å². The molecule has 7 heteroatoms. The smallest absolute Gasteiger partial charge is 0.255 e. The van der Waals surface area contributed by atoms with Crippen molar-refractivity contribution in [1.82, 2.24) is 19.9 Å². The molecule has 1 amide bonds. The summed E-state index contributed by atoms with van der Waals surface area (Å²) in [6, 6.07) is 3.60. The van der Waals surface area contributed by atoms with Gasteiger partial charge in [0.15, 0.2) is 0 Å². The van der Waals surface area contributed by atoms with Crippen LogP contribution in [0.5, 0.6) is 0 Å². The largest absolute Gasteiger partial charge is 0.369 e. The van der Waals surface area contributed by atoms with Crippen molar-refractivity contribution in [3.63, 3.8) is 0 Å². The topological polar surface area (TPSA) is 71.5 Å². The lowest BCUT2D eigenvalue weighted by Crippen LogP contribution is -2.61. The van der Waals surface area contributed by atoms with Gasteiger partial charge in [0, 0.05) is 37.9 Å². The van der Waals surface area contributed by atoms with Crippen LogP contribution in [0.1, 0.15) is 23.2 Å². The van der Waals surface area contributed by atoms with E-state index in [1.54, 1.807) is 37.1 Å². The molecule has 130 valence electrons. The predicted molar refractivity (Wildman–Crippen MR) is 92.3 cm³/mol. The fourth-order valence-electron chi connectivity index (χ4n) is 3.69. The van der Waals surface area contributed by atoms with Crippen LogP contribution in [-0.4, -0.2) is 64.1 Å². The van der Waals surface area contributed by atoms with Gasteiger partial charge in [-0.1, -0.05) is 0 Å². The number of piperidine rings is 1. The van der Waals surface area contributed by atoms with Crippen LogP contribution in [0.2, 0.25) is 0 Å². The number of amides is 1. The Bertz CT molecular complexity index is 723. The molecule has 0 aromatic carbocycles. The second-order valence-electron chi connectivity index (χ2n) is 6.59. The average Bonchev–Trinajstić information content (AvgIpc) is 2.69. The van der Waals surface area contributed by atoms with Crippen molar-refractivity contribution >= 4 is 11.7 Å². The highest BCUT2D eigenvalue weighted by molar-refractivity contribution is 5.94. The molecular weight excluding hydrogens is 318 g/mol. The maximum Gasteiger partial charge on any atom is 0.255 e. The molecule has 2 aromatic rings. The molecule has 0 aliphatic carbocycles. The van der Waals surface area contributed by atoms with Crippen LogP contribution in [0.25, 0.3) is 0 Å². The summed E-state index contributed by atoms with van der Waals surface area (Å²) in [6.45, 7) is 3.42. The lowest BCUT2D eigenvalue weighted by molar-refractivity contribution is -0.105. The third-order valence-corrected chi connectivity index (χ3v) is 4.86. The van der Waals surface area contributed by atoms with Gasteiger partial charge in [0.25, 0.3) is 5.91 Å². The Morgan fingerprint density at radius 3 is 2.84 bits per heavy atom. The fraction of sp³-hybridized carbons (Fsp3) is 0.444.